The van der Waals surface area contributed by atoms with Gasteiger partial charge in [-0.3, -0.25) is 15.0 Å². The van der Waals surface area contributed by atoms with Crippen molar-refractivity contribution in [1.29, 1.82) is 0 Å². The molecule has 1 aliphatic heterocycles. The second kappa shape index (κ2) is 6.95. The summed E-state index contributed by atoms with van der Waals surface area (Å²) >= 11 is 0. The number of fused-ring (bicyclic) bond motifs is 1. The third kappa shape index (κ3) is 3.54. The molecule has 0 aromatic heterocycles. The van der Waals surface area contributed by atoms with Gasteiger partial charge in [0.2, 0.25) is 0 Å². The Morgan fingerprint density at radius 3 is 2.65 bits per heavy atom. The second-order valence-electron chi connectivity index (χ2n) is 6.63. The Kier molecular flexibility index (Phi) is 4.94. The Labute approximate surface area is 137 Å². The molecule has 2 aliphatic rings. The molecule has 2 unspecified atom stereocenters. The summed E-state index contributed by atoms with van der Waals surface area (Å²) in [6, 6.07) is 5.71. The zero-order valence-electron chi connectivity index (χ0n) is 13.9. The molecule has 1 heterocycles. The summed E-state index contributed by atoms with van der Waals surface area (Å²) in [5.41, 5.74) is 2.35. The zero-order chi connectivity index (χ0) is 16.4. The highest BCUT2D eigenvalue weighted by atomic mass is 16.6. The molecule has 0 spiro atoms. The smallest absolute Gasteiger partial charge is 0.269 e. The van der Waals surface area contributed by atoms with Crippen LogP contribution in [0.4, 0.5) is 5.69 Å². The number of methoxy groups -OCH3 is 1. The second-order valence-corrected chi connectivity index (χ2v) is 6.63. The Morgan fingerprint density at radius 1 is 1.26 bits per heavy atom. The van der Waals surface area contributed by atoms with Crippen LogP contribution in [0.15, 0.2) is 18.2 Å². The first-order valence-electron chi connectivity index (χ1n) is 8.31. The molecule has 1 aromatic carbocycles. The summed E-state index contributed by atoms with van der Waals surface area (Å²) in [4.78, 5) is 15.7. The predicted octanol–water partition coefficient (Wildman–Crippen LogP) is 2.23. The average Bonchev–Trinajstić information content (AvgIpc) is 2.74. The van der Waals surface area contributed by atoms with E-state index in [4.69, 9.17) is 4.74 Å². The quantitative estimate of drug-likeness (QED) is 0.486. The topological polar surface area (TPSA) is 58.8 Å². The van der Waals surface area contributed by atoms with Crippen LogP contribution in [-0.2, 0) is 11.2 Å². The number of nitro groups is 1. The van der Waals surface area contributed by atoms with E-state index < -0.39 is 0 Å². The van der Waals surface area contributed by atoms with E-state index in [0.29, 0.717) is 6.04 Å². The van der Waals surface area contributed by atoms with E-state index in [1.165, 1.54) is 5.56 Å². The van der Waals surface area contributed by atoms with E-state index in [1.54, 1.807) is 19.2 Å². The minimum absolute atomic E-state index is 0.0583. The Morgan fingerprint density at radius 2 is 2.00 bits per heavy atom. The van der Waals surface area contributed by atoms with E-state index in [0.717, 1.165) is 51.0 Å². The molecule has 6 heteroatoms. The Balaban J connectivity index is 1.80. The molecular formula is C17H25N3O3. The van der Waals surface area contributed by atoms with Crippen LogP contribution in [-0.4, -0.2) is 61.1 Å². The molecule has 1 saturated heterocycles. The first-order valence-corrected chi connectivity index (χ1v) is 8.31. The van der Waals surface area contributed by atoms with E-state index in [1.807, 2.05) is 6.07 Å². The lowest BCUT2D eigenvalue weighted by molar-refractivity contribution is -0.385. The lowest BCUT2D eigenvalue weighted by Crippen LogP contribution is -2.49. The third-order valence-electron chi connectivity index (χ3n) is 5.26. The van der Waals surface area contributed by atoms with Crippen molar-refractivity contribution in [2.24, 2.45) is 0 Å². The number of aryl methyl sites for hydroxylation is 1. The molecule has 0 amide bonds. The van der Waals surface area contributed by atoms with Gasteiger partial charge in [-0.1, -0.05) is 6.07 Å². The first-order chi connectivity index (χ1) is 11.1. The van der Waals surface area contributed by atoms with Gasteiger partial charge in [0.15, 0.2) is 0 Å². The molecule has 0 saturated carbocycles. The van der Waals surface area contributed by atoms with Crippen molar-refractivity contribution >= 4 is 5.69 Å². The number of non-ortho nitro benzene ring substituents is 1. The van der Waals surface area contributed by atoms with Crippen LogP contribution in [0, 0.1) is 10.1 Å². The number of piperazine rings is 1. The summed E-state index contributed by atoms with van der Waals surface area (Å²) in [5.74, 6) is 0. The number of rotatable bonds is 3. The maximum Gasteiger partial charge on any atom is 0.269 e. The highest BCUT2D eigenvalue weighted by Crippen LogP contribution is 2.35. The first kappa shape index (κ1) is 16.4. The van der Waals surface area contributed by atoms with Crippen LogP contribution in [0.25, 0.3) is 0 Å². The average molecular weight is 319 g/mol. The molecule has 2 atom stereocenters. The van der Waals surface area contributed by atoms with Crippen molar-refractivity contribution in [2.75, 3.05) is 40.3 Å². The highest BCUT2D eigenvalue weighted by Gasteiger charge is 2.30. The molecular weight excluding hydrogens is 294 g/mol. The third-order valence-corrected chi connectivity index (χ3v) is 5.26. The van der Waals surface area contributed by atoms with Gasteiger partial charge >= 0.3 is 0 Å². The van der Waals surface area contributed by atoms with E-state index in [2.05, 4.69) is 16.8 Å². The number of nitrogens with zero attached hydrogens (tertiary/aromatic N) is 3. The lowest BCUT2D eigenvalue weighted by atomic mass is 10.00. The van der Waals surface area contributed by atoms with Crippen molar-refractivity contribution in [2.45, 2.75) is 31.4 Å². The van der Waals surface area contributed by atoms with Gasteiger partial charge in [-0.25, -0.2) is 0 Å². The lowest BCUT2D eigenvalue weighted by Gasteiger charge is -2.38. The van der Waals surface area contributed by atoms with Crippen LogP contribution in [0.1, 0.15) is 30.1 Å². The van der Waals surface area contributed by atoms with Crippen LogP contribution >= 0.6 is 0 Å². The standard InChI is InChI=1S/C17H25N3O3/c1-18-7-9-19(10-8-18)14-5-3-13-4-6-15(20(21)22)11-16(13)17(12-14)23-2/h4,6,11,14,17H,3,5,7-10,12H2,1-2H3. The van der Waals surface area contributed by atoms with Crippen molar-refractivity contribution in [3.05, 3.63) is 39.4 Å². The summed E-state index contributed by atoms with van der Waals surface area (Å²) in [5, 5.41) is 11.1. The predicted molar refractivity (Wildman–Crippen MR) is 88.6 cm³/mol. The molecule has 1 aromatic rings. The normalized spacial score (nSPS) is 26.5. The monoisotopic (exact) mass is 319 g/mol. The molecule has 0 bridgehead atoms. The van der Waals surface area contributed by atoms with Gasteiger partial charge in [-0.2, -0.15) is 0 Å². The fraction of sp³-hybridized carbons (Fsp3) is 0.647. The molecule has 1 aliphatic carbocycles. The maximum atomic E-state index is 11.1. The summed E-state index contributed by atoms with van der Waals surface area (Å²) < 4.78 is 5.71. The van der Waals surface area contributed by atoms with Crippen molar-refractivity contribution in [3.63, 3.8) is 0 Å². The van der Waals surface area contributed by atoms with Gasteiger partial charge in [0.25, 0.3) is 5.69 Å². The number of likely N-dealkylation sites (N-methyl/N-ethyl adjacent to an activating group) is 1. The van der Waals surface area contributed by atoms with E-state index in [-0.39, 0.29) is 16.7 Å². The minimum atomic E-state index is -0.324. The van der Waals surface area contributed by atoms with E-state index >= 15 is 0 Å². The minimum Gasteiger partial charge on any atom is -0.377 e. The highest BCUT2D eigenvalue weighted by molar-refractivity contribution is 5.42. The molecule has 6 nitrogen and oxygen atoms in total. The zero-order valence-corrected chi connectivity index (χ0v) is 13.9. The van der Waals surface area contributed by atoms with Gasteiger partial charge in [-0.15, -0.1) is 0 Å². The van der Waals surface area contributed by atoms with Gasteiger partial charge < -0.3 is 9.64 Å². The SMILES string of the molecule is COC1CC(N2CCN(C)CC2)CCc2ccc([N+](=O)[O-])cc21. The van der Waals surface area contributed by atoms with Gasteiger partial charge in [0.1, 0.15) is 0 Å². The maximum absolute atomic E-state index is 11.1. The molecule has 0 radical (unpaired) electrons. The number of nitro benzene ring substituents is 1. The van der Waals surface area contributed by atoms with Gasteiger partial charge in [-0.05, 0) is 37.4 Å². The largest absolute Gasteiger partial charge is 0.377 e. The van der Waals surface area contributed by atoms with Crippen molar-refractivity contribution in [3.8, 4) is 0 Å². The molecule has 0 N–H and O–H groups in total. The summed E-state index contributed by atoms with van der Waals surface area (Å²) in [7, 11) is 3.87. The fourth-order valence-corrected chi connectivity index (χ4v) is 3.78. The van der Waals surface area contributed by atoms with Crippen LogP contribution in [0.2, 0.25) is 0 Å². The van der Waals surface area contributed by atoms with Gasteiger partial charge in [0.05, 0.1) is 11.0 Å². The Bertz CT molecular complexity index is 570. The number of ether oxygens (including phenoxy) is 1. The molecule has 126 valence electrons. The number of hydrogen-bond donors (Lipinski definition) is 0. The van der Waals surface area contributed by atoms with Crippen LogP contribution in [0.3, 0.4) is 0 Å². The summed E-state index contributed by atoms with van der Waals surface area (Å²) in [6.07, 6.45) is 2.91. The van der Waals surface area contributed by atoms with Crippen molar-refractivity contribution < 1.29 is 9.66 Å². The van der Waals surface area contributed by atoms with Crippen molar-refractivity contribution in [1.82, 2.24) is 9.80 Å². The molecule has 23 heavy (non-hydrogen) atoms. The van der Waals surface area contributed by atoms with Crippen LogP contribution in [0.5, 0.6) is 0 Å². The number of hydrogen-bond acceptors (Lipinski definition) is 5. The fourth-order valence-electron chi connectivity index (χ4n) is 3.78. The van der Waals surface area contributed by atoms with E-state index in [9.17, 15) is 10.1 Å². The molecule has 1 fully saturated rings. The molecule has 3 rings (SSSR count). The van der Waals surface area contributed by atoms with Crippen LogP contribution < -0.4 is 0 Å². The van der Waals surface area contributed by atoms with Gasteiger partial charge in [0, 0.05) is 51.5 Å². The number of benzene rings is 1. The summed E-state index contributed by atoms with van der Waals surface area (Å²) in [6.45, 7) is 4.39. The Hall–Kier alpha value is -1.50.